The van der Waals surface area contributed by atoms with Crippen molar-refractivity contribution in [3.8, 4) is 0 Å². The van der Waals surface area contributed by atoms with Gasteiger partial charge in [0.1, 0.15) is 5.60 Å². The second kappa shape index (κ2) is 8.34. The average Bonchev–Trinajstić information content (AvgIpc) is 2.89. The molecular weight excluding hydrogens is 286 g/mol. The molecule has 120 valence electrons. The molecule has 1 heterocycles. The molecular formula is C15H27N3O2S. The summed E-state index contributed by atoms with van der Waals surface area (Å²) in [5, 5.41) is 5.42. The standard InChI is InChI=1S/C15H27N3O2S/c1-6-8-18(14(19)20-15(3,4)5)9-7-16-12(2)13-10-21-11-17-13/h10-12,16H,6-9H2,1-5H3. The van der Waals surface area contributed by atoms with Crippen molar-refractivity contribution in [1.29, 1.82) is 0 Å². The summed E-state index contributed by atoms with van der Waals surface area (Å²) < 4.78 is 5.43. The Balaban J connectivity index is 2.42. The maximum atomic E-state index is 12.1. The predicted octanol–water partition coefficient (Wildman–Crippen LogP) is 3.44. The van der Waals surface area contributed by atoms with Gasteiger partial charge in [0.2, 0.25) is 0 Å². The highest BCUT2D eigenvalue weighted by molar-refractivity contribution is 7.07. The first-order valence-electron chi connectivity index (χ1n) is 7.43. The van der Waals surface area contributed by atoms with Gasteiger partial charge in [-0.2, -0.15) is 0 Å². The fraction of sp³-hybridized carbons (Fsp3) is 0.733. The first-order chi connectivity index (χ1) is 9.83. The molecule has 0 fully saturated rings. The molecule has 0 aliphatic rings. The first-order valence-corrected chi connectivity index (χ1v) is 8.37. The molecule has 0 radical (unpaired) electrons. The topological polar surface area (TPSA) is 54.5 Å². The van der Waals surface area contributed by atoms with E-state index >= 15 is 0 Å². The van der Waals surface area contributed by atoms with Crippen LogP contribution in [0.2, 0.25) is 0 Å². The molecule has 1 aromatic rings. The smallest absolute Gasteiger partial charge is 0.410 e. The first kappa shape index (κ1) is 17.9. The van der Waals surface area contributed by atoms with Crippen LogP contribution in [-0.2, 0) is 4.74 Å². The molecule has 0 saturated heterocycles. The van der Waals surface area contributed by atoms with Crippen molar-refractivity contribution in [1.82, 2.24) is 15.2 Å². The second-order valence-electron chi connectivity index (χ2n) is 6.06. The van der Waals surface area contributed by atoms with E-state index in [1.54, 1.807) is 16.2 Å². The van der Waals surface area contributed by atoms with Crippen LogP contribution < -0.4 is 5.32 Å². The molecule has 1 atom stereocenters. The molecule has 1 amide bonds. The second-order valence-corrected chi connectivity index (χ2v) is 6.78. The number of ether oxygens (including phenoxy) is 1. The van der Waals surface area contributed by atoms with Crippen molar-refractivity contribution in [3.05, 3.63) is 16.6 Å². The number of thiazole rings is 1. The lowest BCUT2D eigenvalue weighted by atomic mass is 10.2. The zero-order valence-electron chi connectivity index (χ0n) is 13.7. The van der Waals surface area contributed by atoms with Crippen molar-refractivity contribution in [2.75, 3.05) is 19.6 Å². The summed E-state index contributed by atoms with van der Waals surface area (Å²) in [7, 11) is 0. The predicted molar refractivity (Wildman–Crippen MR) is 86.6 cm³/mol. The van der Waals surface area contributed by atoms with E-state index in [0.29, 0.717) is 13.1 Å². The van der Waals surface area contributed by atoms with Crippen LogP contribution in [0.1, 0.15) is 52.8 Å². The molecule has 0 bridgehead atoms. The van der Waals surface area contributed by atoms with Gasteiger partial charge in [-0.05, 0) is 34.1 Å². The maximum absolute atomic E-state index is 12.1. The van der Waals surface area contributed by atoms with Gasteiger partial charge in [0.25, 0.3) is 0 Å². The Labute approximate surface area is 131 Å². The van der Waals surface area contributed by atoms with E-state index in [9.17, 15) is 4.79 Å². The van der Waals surface area contributed by atoms with E-state index in [1.807, 2.05) is 31.7 Å². The third kappa shape index (κ3) is 6.91. The molecule has 1 unspecified atom stereocenters. The number of aromatic nitrogens is 1. The largest absolute Gasteiger partial charge is 0.444 e. The van der Waals surface area contributed by atoms with Crippen molar-refractivity contribution in [2.45, 2.75) is 52.7 Å². The summed E-state index contributed by atoms with van der Waals surface area (Å²) in [6.07, 6.45) is 0.674. The minimum absolute atomic E-state index is 0.193. The van der Waals surface area contributed by atoms with Gasteiger partial charge in [-0.1, -0.05) is 6.92 Å². The Morgan fingerprint density at radius 3 is 2.71 bits per heavy atom. The monoisotopic (exact) mass is 313 g/mol. The highest BCUT2D eigenvalue weighted by Gasteiger charge is 2.21. The summed E-state index contributed by atoms with van der Waals surface area (Å²) in [5.74, 6) is 0. The number of rotatable bonds is 7. The minimum atomic E-state index is -0.454. The summed E-state index contributed by atoms with van der Waals surface area (Å²) in [4.78, 5) is 18.2. The average molecular weight is 313 g/mol. The quantitative estimate of drug-likeness (QED) is 0.838. The van der Waals surface area contributed by atoms with Crippen LogP contribution in [0, 0.1) is 0 Å². The van der Waals surface area contributed by atoms with Crippen LogP contribution in [0.15, 0.2) is 10.9 Å². The SMILES string of the molecule is CCCN(CCNC(C)c1cscn1)C(=O)OC(C)(C)C. The van der Waals surface area contributed by atoms with Crippen LogP contribution in [0.25, 0.3) is 0 Å². The number of hydrogen-bond donors (Lipinski definition) is 1. The maximum Gasteiger partial charge on any atom is 0.410 e. The Morgan fingerprint density at radius 1 is 1.48 bits per heavy atom. The van der Waals surface area contributed by atoms with Crippen LogP contribution in [-0.4, -0.2) is 41.2 Å². The van der Waals surface area contributed by atoms with Gasteiger partial charge in [-0.15, -0.1) is 11.3 Å². The van der Waals surface area contributed by atoms with Gasteiger partial charge in [0.05, 0.1) is 11.2 Å². The highest BCUT2D eigenvalue weighted by atomic mass is 32.1. The molecule has 0 aliphatic heterocycles. The van der Waals surface area contributed by atoms with Gasteiger partial charge in [0.15, 0.2) is 0 Å². The Kier molecular flexibility index (Phi) is 7.11. The van der Waals surface area contributed by atoms with Crippen LogP contribution in [0.5, 0.6) is 0 Å². The number of hydrogen-bond acceptors (Lipinski definition) is 5. The molecule has 0 aromatic carbocycles. The molecule has 0 saturated carbocycles. The van der Waals surface area contributed by atoms with E-state index in [-0.39, 0.29) is 12.1 Å². The van der Waals surface area contributed by atoms with Gasteiger partial charge >= 0.3 is 6.09 Å². The summed E-state index contributed by atoms with van der Waals surface area (Å²) >= 11 is 1.59. The van der Waals surface area contributed by atoms with E-state index in [1.165, 1.54) is 0 Å². The lowest BCUT2D eigenvalue weighted by molar-refractivity contribution is 0.0251. The summed E-state index contributed by atoms with van der Waals surface area (Å²) in [6, 6.07) is 0.193. The normalized spacial score (nSPS) is 13.0. The molecule has 0 aliphatic carbocycles. The van der Waals surface area contributed by atoms with Crippen molar-refractivity contribution in [2.24, 2.45) is 0 Å². The third-order valence-corrected chi connectivity index (χ3v) is 3.48. The van der Waals surface area contributed by atoms with Gasteiger partial charge < -0.3 is 15.0 Å². The Bertz CT molecular complexity index is 415. The van der Waals surface area contributed by atoms with E-state index in [2.05, 4.69) is 24.1 Å². The Morgan fingerprint density at radius 2 is 2.19 bits per heavy atom. The summed E-state index contributed by atoms with van der Waals surface area (Å²) in [6.45, 7) is 11.9. The number of nitrogens with zero attached hydrogens (tertiary/aromatic N) is 2. The minimum Gasteiger partial charge on any atom is -0.444 e. The molecule has 6 heteroatoms. The van der Waals surface area contributed by atoms with E-state index < -0.39 is 5.60 Å². The summed E-state index contributed by atoms with van der Waals surface area (Å²) in [5.41, 5.74) is 2.42. The number of carbonyl (C=O) groups is 1. The van der Waals surface area contributed by atoms with E-state index in [0.717, 1.165) is 18.7 Å². The van der Waals surface area contributed by atoms with Crippen molar-refractivity contribution in [3.63, 3.8) is 0 Å². The number of nitrogens with one attached hydrogen (secondary N) is 1. The van der Waals surface area contributed by atoms with Crippen molar-refractivity contribution >= 4 is 17.4 Å². The molecule has 5 nitrogen and oxygen atoms in total. The zero-order valence-corrected chi connectivity index (χ0v) is 14.5. The van der Waals surface area contributed by atoms with Gasteiger partial charge in [0, 0.05) is 31.1 Å². The Hall–Kier alpha value is -1.14. The molecule has 21 heavy (non-hydrogen) atoms. The fourth-order valence-electron chi connectivity index (χ4n) is 1.85. The molecule has 1 aromatic heterocycles. The van der Waals surface area contributed by atoms with Crippen LogP contribution in [0.4, 0.5) is 4.79 Å². The lowest BCUT2D eigenvalue weighted by Crippen LogP contribution is -2.41. The fourth-order valence-corrected chi connectivity index (χ4v) is 2.49. The van der Waals surface area contributed by atoms with Crippen LogP contribution >= 0.6 is 11.3 Å². The van der Waals surface area contributed by atoms with Gasteiger partial charge in [-0.25, -0.2) is 9.78 Å². The lowest BCUT2D eigenvalue weighted by Gasteiger charge is -2.27. The van der Waals surface area contributed by atoms with Gasteiger partial charge in [-0.3, -0.25) is 0 Å². The molecule has 1 N–H and O–H groups in total. The molecule has 1 rings (SSSR count). The third-order valence-electron chi connectivity index (χ3n) is 2.87. The van der Waals surface area contributed by atoms with Crippen LogP contribution in [0.3, 0.4) is 0 Å². The number of amides is 1. The number of carbonyl (C=O) groups excluding carboxylic acids is 1. The van der Waals surface area contributed by atoms with E-state index in [4.69, 9.17) is 4.74 Å². The highest BCUT2D eigenvalue weighted by Crippen LogP contribution is 2.12. The zero-order chi connectivity index (χ0) is 15.9. The molecule has 0 spiro atoms. The van der Waals surface area contributed by atoms with Crippen molar-refractivity contribution < 1.29 is 9.53 Å².